The Morgan fingerprint density at radius 3 is 2.59 bits per heavy atom. The minimum absolute atomic E-state index is 0.130. The third-order valence-electron chi connectivity index (χ3n) is 3.33. The molecule has 100 valence electrons. The largest absolute Gasteiger partial charge is 0.338 e. The van der Waals surface area contributed by atoms with Crippen LogP contribution in [0.25, 0.3) is 0 Å². The van der Waals surface area contributed by atoms with Crippen LogP contribution < -0.4 is 5.32 Å². The van der Waals surface area contributed by atoms with Gasteiger partial charge in [0.05, 0.1) is 0 Å². The van der Waals surface area contributed by atoms with E-state index in [1.807, 2.05) is 6.92 Å². The van der Waals surface area contributed by atoms with Gasteiger partial charge in [-0.25, -0.2) is 8.42 Å². The zero-order valence-electron chi connectivity index (χ0n) is 10.8. The van der Waals surface area contributed by atoms with Crippen LogP contribution in [0, 0.1) is 0 Å². The van der Waals surface area contributed by atoms with Crippen molar-refractivity contribution in [3.8, 4) is 0 Å². The van der Waals surface area contributed by atoms with Crippen LogP contribution in [0.1, 0.15) is 26.7 Å². The highest BCUT2D eigenvalue weighted by molar-refractivity contribution is 7.92. The van der Waals surface area contributed by atoms with E-state index in [1.165, 1.54) is 6.92 Å². The van der Waals surface area contributed by atoms with E-state index in [0.717, 1.165) is 32.2 Å². The van der Waals surface area contributed by atoms with Gasteiger partial charge in [-0.15, -0.1) is 0 Å². The van der Waals surface area contributed by atoms with E-state index in [2.05, 4.69) is 5.32 Å². The first-order valence-corrected chi connectivity index (χ1v) is 8.03. The first kappa shape index (κ1) is 14.4. The molecule has 0 aromatic rings. The number of rotatable bonds is 4. The molecule has 1 rings (SSSR count). The number of carbonyl (C=O) groups excluding carboxylic acids is 1. The van der Waals surface area contributed by atoms with Crippen molar-refractivity contribution in [3.63, 3.8) is 0 Å². The lowest BCUT2D eigenvalue weighted by Crippen LogP contribution is -2.52. The lowest BCUT2D eigenvalue weighted by molar-refractivity contribution is -0.132. The minimum Gasteiger partial charge on any atom is -0.338 e. The van der Waals surface area contributed by atoms with Gasteiger partial charge in [0.1, 0.15) is 5.25 Å². The van der Waals surface area contributed by atoms with Gasteiger partial charge in [-0.2, -0.15) is 0 Å². The molecule has 0 saturated carbocycles. The van der Waals surface area contributed by atoms with Crippen molar-refractivity contribution >= 4 is 15.7 Å². The predicted octanol–water partition coefficient (Wildman–Crippen LogP) is 0.0200. The fraction of sp³-hybridized carbons (Fsp3) is 0.909. The maximum absolute atomic E-state index is 12.1. The molecule has 1 N–H and O–H groups in total. The van der Waals surface area contributed by atoms with Gasteiger partial charge in [0.2, 0.25) is 5.91 Å². The summed E-state index contributed by atoms with van der Waals surface area (Å²) in [6.45, 7) is 5.66. The van der Waals surface area contributed by atoms with Gasteiger partial charge in [-0.1, -0.05) is 0 Å². The third-order valence-corrected chi connectivity index (χ3v) is 4.81. The second-order valence-electron chi connectivity index (χ2n) is 4.60. The van der Waals surface area contributed by atoms with Crippen LogP contribution in [0.15, 0.2) is 0 Å². The second kappa shape index (κ2) is 5.82. The molecular formula is C11H22N2O3S. The molecule has 1 amide bonds. The monoisotopic (exact) mass is 262 g/mol. The number of carbonyl (C=O) groups is 1. The summed E-state index contributed by atoms with van der Waals surface area (Å²) in [7, 11) is -3.31. The Morgan fingerprint density at radius 1 is 1.53 bits per heavy atom. The predicted molar refractivity (Wildman–Crippen MR) is 67.6 cm³/mol. The number of hydrogen-bond donors (Lipinski definition) is 1. The van der Waals surface area contributed by atoms with E-state index >= 15 is 0 Å². The molecule has 6 heteroatoms. The topological polar surface area (TPSA) is 66.5 Å². The molecule has 0 aromatic carbocycles. The van der Waals surface area contributed by atoms with Crippen LogP contribution in [0.4, 0.5) is 0 Å². The summed E-state index contributed by atoms with van der Waals surface area (Å²) in [6, 6.07) is 0.130. The average molecular weight is 262 g/mol. The normalized spacial score (nSPS) is 23.1. The molecule has 2 unspecified atom stereocenters. The summed E-state index contributed by atoms with van der Waals surface area (Å²) >= 11 is 0. The van der Waals surface area contributed by atoms with E-state index in [4.69, 9.17) is 0 Å². The van der Waals surface area contributed by atoms with E-state index in [-0.39, 0.29) is 11.9 Å². The van der Waals surface area contributed by atoms with Crippen LogP contribution >= 0.6 is 0 Å². The molecule has 0 bridgehead atoms. The number of nitrogens with zero attached hydrogens (tertiary/aromatic N) is 1. The zero-order valence-corrected chi connectivity index (χ0v) is 11.6. The highest BCUT2D eigenvalue weighted by Gasteiger charge is 2.31. The maximum atomic E-state index is 12.1. The van der Waals surface area contributed by atoms with E-state index in [1.54, 1.807) is 4.90 Å². The van der Waals surface area contributed by atoms with Gasteiger partial charge in [-0.05, 0) is 33.2 Å². The quantitative estimate of drug-likeness (QED) is 0.775. The average Bonchev–Trinajstić information content (AvgIpc) is 2.29. The van der Waals surface area contributed by atoms with E-state index in [9.17, 15) is 13.2 Å². The number of sulfone groups is 1. The summed E-state index contributed by atoms with van der Waals surface area (Å²) in [5, 5.41) is 2.30. The van der Waals surface area contributed by atoms with Crippen LogP contribution in [0.5, 0.6) is 0 Å². The third kappa shape index (κ3) is 3.67. The summed E-state index contributed by atoms with van der Waals surface area (Å²) in [5.41, 5.74) is 0. The highest BCUT2D eigenvalue weighted by atomic mass is 32.2. The van der Waals surface area contributed by atoms with Gasteiger partial charge in [0.25, 0.3) is 0 Å². The van der Waals surface area contributed by atoms with Gasteiger partial charge in [0, 0.05) is 25.4 Å². The first-order valence-electron chi connectivity index (χ1n) is 6.08. The molecule has 17 heavy (non-hydrogen) atoms. The number of piperidine rings is 1. The van der Waals surface area contributed by atoms with Gasteiger partial charge in [-0.3, -0.25) is 4.79 Å². The number of amides is 1. The minimum atomic E-state index is -3.31. The SMILES string of the molecule is CCN(C(=O)C(C)S(C)(=O)=O)C1CCCNC1. The van der Waals surface area contributed by atoms with Crippen LogP contribution in [0.3, 0.4) is 0 Å². The number of likely N-dealkylation sites (N-methyl/N-ethyl adjacent to an activating group) is 1. The summed E-state index contributed by atoms with van der Waals surface area (Å²) in [5.74, 6) is -0.274. The molecule has 1 heterocycles. The summed E-state index contributed by atoms with van der Waals surface area (Å²) in [4.78, 5) is 13.8. The summed E-state index contributed by atoms with van der Waals surface area (Å²) in [6.07, 6.45) is 3.09. The molecule has 1 saturated heterocycles. The van der Waals surface area contributed by atoms with Crippen molar-refractivity contribution in [2.75, 3.05) is 25.9 Å². The van der Waals surface area contributed by atoms with E-state index < -0.39 is 15.1 Å². The highest BCUT2D eigenvalue weighted by Crippen LogP contribution is 2.13. The van der Waals surface area contributed by atoms with E-state index in [0.29, 0.717) is 6.54 Å². The lowest BCUT2D eigenvalue weighted by Gasteiger charge is -2.35. The van der Waals surface area contributed by atoms with Crippen LogP contribution in [-0.4, -0.2) is 56.4 Å². The first-order chi connectivity index (χ1) is 7.88. The van der Waals surface area contributed by atoms with Crippen molar-refractivity contribution in [1.82, 2.24) is 10.2 Å². The fourth-order valence-electron chi connectivity index (χ4n) is 2.11. The molecule has 2 atom stereocenters. The molecule has 1 aliphatic heterocycles. The second-order valence-corrected chi connectivity index (χ2v) is 6.96. The molecule has 5 nitrogen and oxygen atoms in total. The molecule has 0 radical (unpaired) electrons. The van der Waals surface area contributed by atoms with Crippen molar-refractivity contribution in [2.24, 2.45) is 0 Å². The zero-order chi connectivity index (χ0) is 13.1. The Labute approximate surface area is 103 Å². The molecule has 1 aliphatic rings. The Kier molecular flexibility index (Phi) is 4.94. The molecule has 0 aliphatic carbocycles. The molecular weight excluding hydrogens is 240 g/mol. The standard InChI is InChI=1S/C11H22N2O3S/c1-4-13(10-6-5-7-12-8-10)11(14)9(2)17(3,15)16/h9-10,12H,4-8H2,1-3H3. The fourth-order valence-corrected chi connectivity index (χ4v) is 2.61. The van der Waals surface area contributed by atoms with Crippen molar-refractivity contribution in [2.45, 2.75) is 38.0 Å². The molecule has 1 fully saturated rings. The summed E-state index contributed by atoms with van der Waals surface area (Å²) < 4.78 is 22.8. The Balaban J connectivity index is 2.76. The van der Waals surface area contributed by atoms with Crippen LogP contribution in [-0.2, 0) is 14.6 Å². The van der Waals surface area contributed by atoms with Crippen molar-refractivity contribution in [3.05, 3.63) is 0 Å². The van der Waals surface area contributed by atoms with Gasteiger partial charge in [0.15, 0.2) is 9.84 Å². The molecule has 0 aromatic heterocycles. The lowest BCUT2D eigenvalue weighted by atomic mass is 10.1. The Hall–Kier alpha value is -0.620. The van der Waals surface area contributed by atoms with Gasteiger partial charge >= 0.3 is 0 Å². The number of hydrogen-bond acceptors (Lipinski definition) is 4. The van der Waals surface area contributed by atoms with Crippen molar-refractivity contribution < 1.29 is 13.2 Å². The van der Waals surface area contributed by atoms with Crippen LogP contribution in [0.2, 0.25) is 0 Å². The molecule has 0 spiro atoms. The van der Waals surface area contributed by atoms with Gasteiger partial charge < -0.3 is 10.2 Å². The Bertz CT molecular complexity index is 361. The number of nitrogens with one attached hydrogen (secondary N) is 1. The Morgan fingerprint density at radius 2 is 2.18 bits per heavy atom. The van der Waals surface area contributed by atoms with Crippen molar-refractivity contribution in [1.29, 1.82) is 0 Å². The maximum Gasteiger partial charge on any atom is 0.240 e. The smallest absolute Gasteiger partial charge is 0.240 e.